The normalized spacial score (nSPS) is 49.0. The minimum Gasteiger partial charge on any atom is -0.469 e. The van der Waals surface area contributed by atoms with Crippen molar-refractivity contribution in [2.45, 2.75) is 31.5 Å². The van der Waals surface area contributed by atoms with Gasteiger partial charge in [0.1, 0.15) is 23.5 Å². The van der Waals surface area contributed by atoms with Gasteiger partial charge in [-0.05, 0) is 19.8 Å². The molecule has 0 amide bonds. The van der Waals surface area contributed by atoms with Gasteiger partial charge in [-0.2, -0.15) is 0 Å². The summed E-state index contributed by atoms with van der Waals surface area (Å²) in [6.07, 6.45) is 1.37. The summed E-state index contributed by atoms with van der Waals surface area (Å²) >= 11 is 0. The van der Waals surface area contributed by atoms with Gasteiger partial charge in [-0.1, -0.05) is 0 Å². The maximum atomic E-state index is 11.9. The summed E-state index contributed by atoms with van der Waals surface area (Å²) in [6.45, 7) is 2.03. The molecule has 0 unspecified atom stereocenters. The zero-order valence-corrected chi connectivity index (χ0v) is 9.32. The molecule has 3 aliphatic heterocycles. The highest BCUT2D eigenvalue weighted by Crippen LogP contribution is 2.61. The fraction of sp³-hybridized carbons (Fsp3) is 0.818. The Bertz CT molecular complexity index is 379. The van der Waals surface area contributed by atoms with Crippen molar-refractivity contribution in [1.82, 2.24) is 0 Å². The van der Waals surface area contributed by atoms with Crippen molar-refractivity contribution < 1.29 is 23.8 Å². The van der Waals surface area contributed by atoms with E-state index in [1.807, 2.05) is 0 Å². The lowest BCUT2D eigenvalue weighted by Gasteiger charge is -2.33. The van der Waals surface area contributed by atoms with Crippen molar-refractivity contribution in [3.8, 4) is 0 Å². The Labute approximate surface area is 93.0 Å². The van der Waals surface area contributed by atoms with Crippen LogP contribution in [0, 0.1) is 11.3 Å². The average Bonchev–Trinajstić information content (AvgIpc) is 2.90. The highest BCUT2D eigenvalue weighted by molar-refractivity contribution is 5.89. The Morgan fingerprint density at radius 3 is 3.00 bits per heavy atom. The number of fused-ring (bicyclic) bond motifs is 1. The van der Waals surface area contributed by atoms with Crippen molar-refractivity contribution in [3.05, 3.63) is 0 Å². The van der Waals surface area contributed by atoms with E-state index in [9.17, 15) is 9.59 Å². The number of cyclic esters (lactones) is 1. The highest BCUT2D eigenvalue weighted by atomic mass is 16.6. The van der Waals surface area contributed by atoms with E-state index in [0.29, 0.717) is 0 Å². The van der Waals surface area contributed by atoms with E-state index in [4.69, 9.17) is 14.2 Å². The first-order valence-electron chi connectivity index (χ1n) is 5.47. The Hall–Kier alpha value is -1.10. The zero-order chi connectivity index (χ0) is 11.6. The molecule has 3 rings (SSSR count). The molecular weight excluding hydrogens is 212 g/mol. The van der Waals surface area contributed by atoms with Crippen LogP contribution < -0.4 is 0 Å². The van der Waals surface area contributed by atoms with Gasteiger partial charge in [-0.3, -0.25) is 9.59 Å². The number of carbonyl (C=O) groups is 2. The number of ether oxygens (including phenoxy) is 3. The smallest absolute Gasteiger partial charge is 0.315 e. The van der Waals surface area contributed by atoms with Crippen molar-refractivity contribution in [3.63, 3.8) is 0 Å². The van der Waals surface area contributed by atoms with Crippen LogP contribution in [0.3, 0.4) is 0 Å². The molecule has 5 nitrogen and oxygen atoms in total. The number of hydrogen-bond donors (Lipinski definition) is 0. The lowest BCUT2D eigenvalue weighted by molar-refractivity contribution is -0.164. The lowest BCUT2D eigenvalue weighted by atomic mass is 9.63. The van der Waals surface area contributed by atoms with Crippen LogP contribution in [0.2, 0.25) is 0 Å². The van der Waals surface area contributed by atoms with E-state index in [2.05, 4.69) is 0 Å². The molecule has 0 saturated carbocycles. The Morgan fingerprint density at radius 2 is 2.31 bits per heavy atom. The minimum atomic E-state index is -0.874. The summed E-state index contributed by atoms with van der Waals surface area (Å²) in [7, 11) is 1.34. The topological polar surface area (TPSA) is 61.8 Å². The monoisotopic (exact) mass is 226 g/mol. The van der Waals surface area contributed by atoms with Crippen LogP contribution in [0.5, 0.6) is 0 Å². The second kappa shape index (κ2) is 2.77. The van der Waals surface area contributed by atoms with Crippen LogP contribution in [0.25, 0.3) is 0 Å². The molecule has 0 aromatic carbocycles. The summed E-state index contributed by atoms with van der Waals surface area (Å²) < 4.78 is 15.7. The fourth-order valence-corrected chi connectivity index (χ4v) is 3.54. The molecule has 1 spiro atoms. The van der Waals surface area contributed by atoms with Gasteiger partial charge >= 0.3 is 11.9 Å². The predicted octanol–water partition coefficient (Wildman–Crippen LogP) is 0.270. The third kappa shape index (κ3) is 0.867. The maximum absolute atomic E-state index is 11.9. The van der Waals surface area contributed by atoms with Crippen molar-refractivity contribution in [2.24, 2.45) is 11.3 Å². The van der Waals surface area contributed by atoms with Gasteiger partial charge in [0.15, 0.2) is 0 Å². The third-order valence-electron chi connectivity index (χ3n) is 4.32. The van der Waals surface area contributed by atoms with Crippen LogP contribution in [0.1, 0.15) is 19.8 Å². The first kappa shape index (κ1) is 10.1. The van der Waals surface area contributed by atoms with Crippen LogP contribution in [0.4, 0.5) is 0 Å². The Kier molecular flexibility index (Phi) is 1.74. The summed E-state index contributed by atoms with van der Waals surface area (Å²) in [5.41, 5.74) is -1.44. The number of esters is 2. The third-order valence-corrected chi connectivity index (χ3v) is 4.32. The SMILES string of the molecule is COC(=O)[C@@]1(C)[C@H]2CC[C@@]3(COC(=O)[C@@H]31)O2. The van der Waals surface area contributed by atoms with Crippen molar-refractivity contribution in [2.75, 3.05) is 13.7 Å². The average molecular weight is 226 g/mol. The summed E-state index contributed by atoms with van der Waals surface area (Å²) in [5, 5.41) is 0. The largest absolute Gasteiger partial charge is 0.469 e. The number of hydrogen-bond acceptors (Lipinski definition) is 5. The first-order chi connectivity index (χ1) is 7.54. The van der Waals surface area contributed by atoms with Crippen LogP contribution in [-0.4, -0.2) is 37.4 Å². The van der Waals surface area contributed by atoms with E-state index < -0.39 is 16.9 Å². The molecule has 4 atom stereocenters. The van der Waals surface area contributed by atoms with E-state index in [1.54, 1.807) is 6.92 Å². The van der Waals surface area contributed by atoms with Gasteiger partial charge in [0.25, 0.3) is 0 Å². The quantitative estimate of drug-likeness (QED) is 0.600. The van der Waals surface area contributed by atoms with Gasteiger partial charge < -0.3 is 14.2 Å². The van der Waals surface area contributed by atoms with Crippen LogP contribution in [-0.2, 0) is 23.8 Å². The van der Waals surface area contributed by atoms with Gasteiger partial charge in [-0.25, -0.2) is 0 Å². The molecule has 0 N–H and O–H groups in total. The molecule has 3 fully saturated rings. The molecule has 5 heteroatoms. The summed E-state index contributed by atoms with van der Waals surface area (Å²) in [4.78, 5) is 23.7. The van der Waals surface area contributed by atoms with Crippen molar-refractivity contribution in [1.29, 1.82) is 0 Å². The Morgan fingerprint density at radius 1 is 1.56 bits per heavy atom. The predicted molar refractivity (Wildman–Crippen MR) is 51.4 cm³/mol. The van der Waals surface area contributed by atoms with Crippen LogP contribution in [0.15, 0.2) is 0 Å². The van der Waals surface area contributed by atoms with E-state index >= 15 is 0 Å². The molecule has 88 valence electrons. The molecule has 3 saturated heterocycles. The van der Waals surface area contributed by atoms with Crippen molar-refractivity contribution >= 4 is 11.9 Å². The standard InChI is InChI=1S/C11H14O5/c1-10(9(13)14-2)6-3-4-11(16-6)5-15-8(12)7(10)11/h6-7H,3-5H2,1-2H3/t6-,7-,10+,11+/m1/s1. The molecule has 2 bridgehead atoms. The summed E-state index contributed by atoms with van der Waals surface area (Å²) in [5.74, 6) is -1.19. The van der Waals surface area contributed by atoms with E-state index in [1.165, 1.54) is 7.11 Å². The second-order valence-electron chi connectivity index (χ2n) is 5.02. The first-order valence-corrected chi connectivity index (χ1v) is 5.47. The number of carbonyl (C=O) groups excluding carboxylic acids is 2. The molecule has 0 radical (unpaired) electrons. The van der Waals surface area contributed by atoms with Crippen LogP contribution >= 0.6 is 0 Å². The van der Waals surface area contributed by atoms with Gasteiger partial charge in [0.2, 0.25) is 0 Å². The Balaban J connectivity index is 2.08. The van der Waals surface area contributed by atoms with E-state index in [0.717, 1.165) is 12.8 Å². The molecule has 3 aliphatic rings. The molecule has 16 heavy (non-hydrogen) atoms. The second-order valence-corrected chi connectivity index (χ2v) is 5.02. The highest BCUT2D eigenvalue weighted by Gasteiger charge is 2.74. The van der Waals surface area contributed by atoms with Gasteiger partial charge in [-0.15, -0.1) is 0 Å². The lowest BCUT2D eigenvalue weighted by Crippen LogP contribution is -2.49. The van der Waals surface area contributed by atoms with Gasteiger partial charge in [0.05, 0.1) is 13.2 Å². The van der Waals surface area contributed by atoms with E-state index in [-0.39, 0.29) is 24.6 Å². The zero-order valence-electron chi connectivity index (χ0n) is 9.32. The number of rotatable bonds is 1. The number of methoxy groups -OCH3 is 1. The molecule has 0 aliphatic carbocycles. The minimum absolute atomic E-state index is 0.210. The maximum Gasteiger partial charge on any atom is 0.315 e. The molecular formula is C11H14O5. The fourth-order valence-electron chi connectivity index (χ4n) is 3.54. The molecule has 3 heterocycles. The molecule has 0 aromatic rings. The molecule has 0 aromatic heterocycles. The summed E-state index contributed by atoms with van der Waals surface area (Å²) in [6, 6.07) is 0. The van der Waals surface area contributed by atoms with Gasteiger partial charge in [0, 0.05) is 0 Å².